The van der Waals surface area contributed by atoms with Gasteiger partial charge in [-0.2, -0.15) is 0 Å². The van der Waals surface area contributed by atoms with E-state index in [1.807, 2.05) is 12.3 Å². The molecule has 3 aliphatic rings. The monoisotopic (exact) mass is 464 g/mol. The molecule has 0 aromatic carbocycles. The fourth-order valence-electron chi connectivity index (χ4n) is 5.58. The van der Waals surface area contributed by atoms with Gasteiger partial charge in [-0.25, -0.2) is 13.9 Å². The third-order valence-corrected chi connectivity index (χ3v) is 11.1. The molecule has 3 fully saturated rings. The van der Waals surface area contributed by atoms with Gasteiger partial charge in [0.05, 0.1) is 5.69 Å². The number of aromatic nitrogens is 1. The number of hydrogen-bond acceptors (Lipinski definition) is 7. The molecule has 3 heterocycles. The van der Waals surface area contributed by atoms with Crippen LogP contribution in [0.1, 0.15) is 69.5 Å². The highest BCUT2D eigenvalue weighted by molar-refractivity contribution is 7.94. The van der Waals surface area contributed by atoms with E-state index in [1.165, 1.54) is 0 Å². The maximum absolute atomic E-state index is 14.4. The van der Waals surface area contributed by atoms with E-state index in [1.54, 1.807) is 5.48 Å². The summed E-state index contributed by atoms with van der Waals surface area (Å²) in [4.78, 5) is 17.8. The van der Waals surface area contributed by atoms with Crippen molar-refractivity contribution in [1.29, 1.82) is 0 Å². The first-order valence-electron chi connectivity index (χ1n) is 12.0. The van der Waals surface area contributed by atoms with Gasteiger partial charge in [0.25, 0.3) is 0 Å². The molecule has 9 heteroatoms. The van der Waals surface area contributed by atoms with E-state index >= 15 is 0 Å². The van der Waals surface area contributed by atoms with Crippen LogP contribution in [-0.4, -0.2) is 60.5 Å². The largest absolute Gasteiger partial charge is 0.317 e. The Morgan fingerprint density at radius 2 is 1.91 bits per heavy atom. The number of nitrogens with zero attached hydrogens (tertiary/aromatic N) is 2. The molecule has 4 rings (SSSR count). The zero-order valence-corrected chi connectivity index (χ0v) is 19.8. The molecule has 8 nitrogen and oxygen atoms in total. The van der Waals surface area contributed by atoms with Crippen LogP contribution in [0, 0.1) is 5.92 Å². The average molecular weight is 465 g/mol. The van der Waals surface area contributed by atoms with E-state index in [2.05, 4.69) is 23.2 Å². The number of amides is 1. The topological polar surface area (TPSA) is 112 Å². The highest BCUT2D eigenvalue weighted by Crippen LogP contribution is 2.56. The summed E-state index contributed by atoms with van der Waals surface area (Å²) in [6.07, 6.45) is 8.49. The summed E-state index contributed by atoms with van der Waals surface area (Å²) in [7, 11) is -3.56. The van der Waals surface area contributed by atoms with Crippen molar-refractivity contribution in [2.45, 2.75) is 74.3 Å². The Hall–Kier alpha value is -1.55. The molecule has 0 radical (unpaired) electrons. The van der Waals surface area contributed by atoms with Crippen molar-refractivity contribution in [2.24, 2.45) is 5.92 Å². The molecule has 1 aliphatic carbocycles. The lowest BCUT2D eigenvalue weighted by Gasteiger charge is -2.44. The van der Waals surface area contributed by atoms with Crippen LogP contribution in [0.25, 0.3) is 0 Å². The van der Waals surface area contributed by atoms with E-state index in [4.69, 9.17) is 10.2 Å². The summed E-state index contributed by atoms with van der Waals surface area (Å²) in [6.45, 7) is 4.58. The summed E-state index contributed by atoms with van der Waals surface area (Å²) in [5.41, 5.74) is 3.58. The van der Waals surface area contributed by atoms with Crippen molar-refractivity contribution in [3.8, 4) is 0 Å². The fourth-order valence-corrected chi connectivity index (χ4v) is 8.61. The van der Waals surface area contributed by atoms with Gasteiger partial charge in [0.15, 0.2) is 9.84 Å². The molecule has 32 heavy (non-hydrogen) atoms. The second-order valence-corrected chi connectivity index (χ2v) is 12.1. The SMILES string of the molecule is CCCCc1ccc(C2(S(=O)(=O)C3(N4CCC(C(=O)NO)CC4)CC3)CCNCC2)nc1. The number of piperidine rings is 2. The van der Waals surface area contributed by atoms with E-state index < -0.39 is 19.5 Å². The van der Waals surface area contributed by atoms with E-state index in [0.29, 0.717) is 70.4 Å². The normalized spacial score (nSPS) is 23.6. The minimum Gasteiger partial charge on any atom is -0.317 e. The number of carbonyl (C=O) groups is 1. The van der Waals surface area contributed by atoms with Crippen LogP contribution in [-0.2, 0) is 25.8 Å². The second-order valence-electron chi connectivity index (χ2n) is 9.59. The summed E-state index contributed by atoms with van der Waals surface area (Å²) in [5, 5.41) is 12.3. The van der Waals surface area contributed by atoms with Crippen LogP contribution >= 0.6 is 0 Å². The first-order chi connectivity index (χ1) is 15.4. The van der Waals surface area contributed by atoms with Crippen LogP contribution < -0.4 is 10.8 Å². The fraction of sp³-hybridized carbons (Fsp3) is 0.739. The van der Waals surface area contributed by atoms with Crippen LogP contribution in [0.5, 0.6) is 0 Å². The van der Waals surface area contributed by atoms with E-state index in [9.17, 15) is 13.2 Å². The standard InChI is InChI=1S/C23H36N4O4S/c1-2-3-4-18-5-6-20(25-17-18)22(11-13-24-14-12-22)32(30,31)23(9-10-23)27-15-7-19(8-16-27)21(28)26-29/h5-6,17,19,24,29H,2-4,7-16H2,1H3,(H,26,28). The molecule has 0 unspecified atom stereocenters. The number of rotatable bonds is 8. The average Bonchev–Trinajstić information content (AvgIpc) is 3.66. The molecule has 1 saturated carbocycles. The first-order valence-corrected chi connectivity index (χ1v) is 13.5. The van der Waals surface area contributed by atoms with Crippen LogP contribution in [0.15, 0.2) is 18.3 Å². The molecule has 0 spiro atoms. The zero-order valence-electron chi connectivity index (χ0n) is 19.0. The van der Waals surface area contributed by atoms with Crippen LogP contribution in [0.4, 0.5) is 0 Å². The number of likely N-dealkylation sites (tertiary alicyclic amines) is 1. The summed E-state index contributed by atoms with van der Waals surface area (Å²) < 4.78 is 27.8. The van der Waals surface area contributed by atoms with Crippen molar-refractivity contribution in [1.82, 2.24) is 20.7 Å². The lowest BCUT2D eigenvalue weighted by molar-refractivity contribution is -0.135. The van der Waals surface area contributed by atoms with Gasteiger partial charge in [-0.15, -0.1) is 0 Å². The molecule has 1 aromatic rings. The Bertz CT molecular complexity index is 900. The van der Waals surface area contributed by atoms with E-state index in [-0.39, 0.29) is 11.8 Å². The maximum atomic E-state index is 14.4. The first kappa shape index (κ1) is 23.6. The zero-order chi connectivity index (χ0) is 22.8. The molecule has 1 amide bonds. The molecule has 0 atom stereocenters. The highest BCUT2D eigenvalue weighted by atomic mass is 32.2. The number of nitrogens with one attached hydrogen (secondary N) is 2. The Morgan fingerprint density at radius 3 is 2.44 bits per heavy atom. The third-order valence-electron chi connectivity index (χ3n) is 7.77. The Labute approximate surface area is 191 Å². The molecular formula is C23H36N4O4S. The van der Waals surface area contributed by atoms with Gasteiger partial charge in [-0.3, -0.25) is 19.9 Å². The van der Waals surface area contributed by atoms with Gasteiger partial charge in [0, 0.05) is 25.2 Å². The molecule has 178 valence electrons. The highest BCUT2D eigenvalue weighted by Gasteiger charge is 2.66. The lowest BCUT2D eigenvalue weighted by atomic mass is 9.92. The number of carbonyl (C=O) groups excluding carboxylic acids is 1. The Kier molecular flexibility index (Phi) is 6.91. The van der Waals surface area contributed by atoms with Gasteiger partial charge in [-0.1, -0.05) is 19.4 Å². The van der Waals surface area contributed by atoms with Crippen molar-refractivity contribution in [3.05, 3.63) is 29.6 Å². The van der Waals surface area contributed by atoms with Crippen molar-refractivity contribution in [3.63, 3.8) is 0 Å². The van der Waals surface area contributed by atoms with Crippen LogP contribution in [0.2, 0.25) is 0 Å². The third kappa shape index (κ3) is 3.97. The van der Waals surface area contributed by atoms with Gasteiger partial charge in [-0.05, 0) is 76.1 Å². The van der Waals surface area contributed by atoms with Gasteiger partial charge < -0.3 is 5.32 Å². The maximum Gasteiger partial charge on any atom is 0.246 e. The Morgan fingerprint density at radius 1 is 1.22 bits per heavy atom. The molecule has 1 aromatic heterocycles. The Balaban J connectivity index is 1.61. The van der Waals surface area contributed by atoms with Crippen molar-refractivity contribution < 1.29 is 18.4 Å². The molecule has 0 bridgehead atoms. The number of hydrogen-bond donors (Lipinski definition) is 3. The quantitative estimate of drug-likeness (QED) is 0.399. The van der Waals surface area contributed by atoms with Gasteiger partial charge in [0.2, 0.25) is 5.91 Å². The van der Waals surface area contributed by atoms with Crippen molar-refractivity contribution in [2.75, 3.05) is 26.2 Å². The summed E-state index contributed by atoms with van der Waals surface area (Å²) in [6, 6.07) is 4.00. The minimum atomic E-state index is -3.56. The molecule has 2 aliphatic heterocycles. The smallest absolute Gasteiger partial charge is 0.246 e. The predicted molar refractivity (Wildman–Crippen MR) is 122 cm³/mol. The number of pyridine rings is 1. The van der Waals surface area contributed by atoms with Crippen LogP contribution in [0.3, 0.4) is 0 Å². The van der Waals surface area contributed by atoms with Gasteiger partial charge >= 0.3 is 0 Å². The number of unbranched alkanes of at least 4 members (excludes halogenated alkanes) is 1. The van der Waals surface area contributed by atoms with Gasteiger partial charge in [0.1, 0.15) is 9.62 Å². The lowest BCUT2D eigenvalue weighted by Crippen LogP contribution is -2.57. The number of hydroxylamine groups is 1. The molecule has 2 saturated heterocycles. The number of sulfone groups is 1. The molecular weight excluding hydrogens is 428 g/mol. The van der Waals surface area contributed by atoms with E-state index in [0.717, 1.165) is 24.8 Å². The minimum absolute atomic E-state index is 0.264. The number of aryl methyl sites for hydroxylation is 1. The summed E-state index contributed by atoms with van der Waals surface area (Å²) in [5.74, 6) is -0.639. The summed E-state index contributed by atoms with van der Waals surface area (Å²) >= 11 is 0. The predicted octanol–water partition coefficient (Wildman–Crippen LogP) is 2.13. The molecule has 3 N–H and O–H groups in total. The van der Waals surface area contributed by atoms with Crippen molar-refractivity contribution >= 4 is 15.7 Å². The second kappa shape index (κ2) is 9.37.